The summed E-state index contributed by atoms with van der Waals surface area (Å²) in [4.78, 5) is 7.27. The quantitative estimate of drug-likeness (QED) is 0.149. The molecule has 0 radical (unpaired) electrons. The van der Waals surface area contributed by atoms with Crippen LogP contribution in [0, 0.1) is 41.5 Å². The maximum atomic E-state index is 7.83. The van der Waals surface area contributed by atoms with Crippen molar-refractivity contribution in [2.24, 2.45) is 7.05 Å². The van der Waals surface area contributed by atoms with Gasteiger partial charge in [-0.25, -0.2) is 0 Å². The van der Waals surface area contributed by atoms with E-state index in [1.165, 1.54) is 55.1 Å². The second-order valence-electron chi connectivity index (χ2n) is 18.8. The zero-order valence-electron chi connectivity index (χ0n) is 39.1. The van der Waals surface area contributed by atoms with Gasteiger partial charge in [-0.15, -0.1) is 0 Å². The smallest absolute Gasteiger partial charge is 0.256 e. The first-order chi connectivity index (χ1) is 32.6. The highest BCUT2D eigenvalue weighted by molar-refractivity contribution is 6.99. The van der Waals surface area contributed by atoms with Crippen LogP contribution in [0.3, 0.4) is 0 Å². The minimum absolute atomic E-state index is 0.147. The monoisotopic (exact) mass is 866 g/mol. The Morgan fingerprint density at radius 3 is 1.51 bits per heavy atom. The van der Waals surface area contributed by atoms with Gasteiger partial charge in [0.05, 0.1) is 11.2 Å². The molecule has 0 fully saturated rings. The Bertz CT molecular complexity index is 3470. The fourth-order valence-corrected chi connectivity index (χ4v) is 10.6. The lowest BCUT2D eigenvalue weighted by Gasteiger charge is -2.42. The van der Waals surface area contributed by atoms with Crippen molar-refractivity contribution in [1.82, 2.24) is 4.57 Å². The van der Waals surface area contributed by atoms with Crippen LogP contribution in [0.4, 0.5) is 51.2 Å². The summed E-state index contributed by atoms with van der Waals surface area (Å²) in [7, 11) is 2.20. The van der Waals surface area contributed by atoms with Gasteiger partial charge in [-0.05, 0) is 137 Å². The van der Waals surface area contributed by atoms with Crippen LogP contribution in [0.1, 0.15) is 33.4 Å². The van der Waals surface area contributed by atoms with Gasteiger partial charge < -0.3 is 24.0 Å². The standard InChI is InChI=1S/C61H51BN4O/c1-38-12-23-44(24-13-38)64(45-25-14-39(2)15-26-45)49-35-56-58-57(36-49)67-61-53(62(58)52-34-43(6)22-33-55(52)66(56)48-31-20-42(5)21-32-48)37-51-50-10-8-9-11-54(50)63(7)59(51)60(61)65(46-27-16-40(3)17-28-46)47-29-18-41(4)19-30-47/h8-37H,1-7H3. The van der Waals surface area contributed by atoms with Crippen molar-refractivity contribution in [1.29, 1.82) is 0 Å². The Morgan fingerprint density at radius 1 is 0.433 bits per heavy atom. The van der Waals surface area contributed by atoms with Gasteiger partial charge in [-0.3, -0.25) is 0 Å². The molecule has 0 unspecified atom stereocenters. The minimum Gasteiger partial charge on any atom is -0.456 e. The SMILES string of the molecule is Cc1ccc(N(c2ccc(C)cc2)c2cc3c4c(c2)N(c2ccc(C)cc2)c2ccc(C)cc2B4c2cc4c5ccccc5n(C)c4c(N(c4ccc(C)cc4)c4ccc(C)cc4)c2O3)cc1. The zero-order valence-corrected chi connectivity index (χ0v) is 39.1. The Labute approximate surface area is 393 Å². The summed E-state index contributed by atoms with van der Waals surface area (Å²) >= 11 is 0. The molecular weight excluding hydrogens is 816 g/mol. The lowest BCUT2D eigenvalue weighted by atomic mass is 9.34. The summed E-state index contributed by atoms with van der Waals surface area (Å²) in [6.45, 7) is 12.8. The van der Waals surface area contributed by atoms with Crippen LogP contribution in [0.2, 0.25) is 0 Å². The normalized spacial score (nSPS) is 12.5. The van der Waals surface area contributed by atoms with Crippen molar-refractivity contribution in [3.05, 3.63) is 215 Å². The van der Waals surface area contributed by atoms with Crippen LogP contribution >= 0.6 is 0 Å². The van der Waals surface area contributed by atoms with Crippen LogP contribution in [0.25, 0.3) is 21.8 Å². The number of hydrogen-bond acceptors (Lipinski definition) is 4. The van der Waals surface area contributed by atoms with Crippen LogP contribution in [-0.4, -0.2) is 11.3 Å². The summed E-state index contributed by atoms with van der Waals surface area (Å²) in [6.07, 6.45) is 0. The molecule has 2 aliphatic rings. The average molecular weight is 867 g/mol. The van der Waals surface area contributed by atoms with Gasteiger partial charge in [0.25, 0.3) is 6.71 Å². The van der Waals surface area contributed by atoms with Gasteiger partial charge in [0.15, 0.2) is 0 Å². The number of para-hydroxylation sites is 1. The fourth-order valence-electron chi connectivity index (χ4n) is 10.6. The summed E-state index contributed by atoms with van der Waals surface area (Å²) in [5, 5.41) is 2.41. The van der Waals surface area contributed by atoms with Gasteiger partial charge in [0.1, 0.15) is 17.2 Å². The van der Waals surface area contributed by atoms with Gasteiger partial charge in [-0.1, -0.05) is 130 Å². The molecule has 12 rings (SSSR count). The Morgan fingerprint density at radius 2 is 0.940 bits per heavy atom. The first-order valence-corrected chi connectivity index (χ1v) is 23.3. The fraction of sp³-hybridized carbons (Fsp3) is 0.115. The van der Waals surface area contributed by atoms with Crippen LogP contribution in [0.15, 0.2) is 182 Å². The van der Waals surface area contributed by atoms with E-state index in [2.05, 4.69) is 250 Å². The molecule has 0 aliphatic carbocycles. The summed E-state index contributed by atoms with van der Waals surface area (Å²) in [5.74, 6) is 1.69. The van der Waals surface area contributed by atoms with Crippen molar-refractivity contribution < 1.29 is 4.74 Å². The molecule has 0 saturated heterocycles. The highest BCUT2D eigenvalue weighted by Gasteiger charge is 2.45. The average Bonchev–Trinajstić information content (AvgIpc) is 3.62. The van der Waals surface area contributed by atoms with E-state index < -0.39 is 0 Å². The third-order valence-corrected chi connectivity index (χ3v) is 14.0. The molecule has 0 spiro atoms. The van der Waals surface area contributed by atoms with E-state index in [0.717, 1.165) is 79.1 Å². The number of hydrogen-bond donors (Lipinski definition) is 0. The van der Waals surface area contributed by atoms with Crippen molar-refractivity contribution in [2.45, 2.75) is 41.5 Å². The molecular formula is C61H51BN4O. The molecule has 5 nitrogen and oxygen atoms in total. The molecule has 67 heavy (non-hydrogen) atoms. The van der Waals surface area contributed by atoms with Crippen LogP contribution in [0.5, 0.6) is 11.5 Å². The van der Waals surface area contributed by atoms with Crippen LogP contribution in [-0.2, 0) is 7.05 Å². The Hall–Kier alpha value is -7.96. The molecule has 10 aromatic rings. The second-order valence-corrected chi connectivity index (χ2v) is 18.8. The van der Waals surface area contributed by atoms with Gasteiger partial charge in [0.2, 0.25) is 0 Å². The summed E-state index contributed by atoms with van der Waals surface area (Å²) in [5.41, 5.74) is 22.8. The first kappa shape index (κ1) is 40.5. The van der Waals surface area contributed by atoms with E-state index in [1.54, 1.807) is 0 Å². The number of aromatic nitrogens is 1. The van der Waals surface area contributed by atoms with Gasteiger partial charge >= 0.3 is 0 Å². The molecule has 3 heterocycles. The second kappa shape index (κ2) is 15.6. The molecule has 0 bridgehead atoms. The molecule has 2 aliphatic heterocycles. The number of fused-ring (bicyclic) bond motifs is 7. The topological polar surface area (TPSA) is 23.9 Å². The molecule has 324 valence electrons. The van der Waals surface area contributed by atoms with E-state index >= 15 is 0 Å². The van der Waals surface area contributed by atoms with Crippen molar-refractivity contribution in [2.75, 3.05) is 14.7 Å². The third kappa shape index (κ3) is 6.61. The molecule has 6 heteroatoms. The molecule has 0 amide bonds. The maximum absolute atomic E-state index is 7.83. The van der Waals surface area contributed by atoms with Gasteiger partial charge in [-0.2, -0.15) is 0 Å². The molecule has 9 aromatic carbocycles. The van der Waals surface area contributed by atoms with Gasteiger partial charge in [0, 0.05) is 69.2 Å². The number of nitrogens with zero attached hydrogens (tertiary/aromatic N) is 4. The number of anilines is 9. The predicted octanol–water partition coefficient (Wildman–Crippen LogP) is 14.5. The first-order valence-electron chi connectivity index (χ1n) is 23.3. The molecule has 0 N–H and O–H groups in total. The van der Waals surface area contributed by atoms with Crippen LogP contribution < -0.4 is 35.8 Å². The Kier molecular flexibility index (Phi) is 9.44. The Balaban J connectivity index is 1.22. The lowest BCUT2D eigenvalue weighted by molar-refractivity contribution is 0.489. The van der Waals surface area contributed by atoms with Crippen molar-refractivity contribution in [3.8, 4) is 11.5 Å². The predicted molar refractivity (Wildman–Crippen MR) is 284 cm³/mol. The van der Waals surface area contributed by atoms with E-state index in [4.69, 9.17) is 4.74 Å². The summed E-state index contributed by atoms with van der Waals surface area (Å²) in [6, 6.07) is 67.4. The molecule has 0 saturated carbocycles. The number of aryl methyl sites for hydroxylation is 7. The summed E-state index contributed by atoms with van der Waals surface area (Å²) < 4.78 is 10.2. The van der Waals surface area contributed by atoms with E-state index in [-0.39, 0.29) is 6.71 Å². The maximum Gasteiger partial charge on any atom is 0.256 e. The van der Waals surface area contributed by atoms with E-state index in [1.807, 2.05) is 0 Å². The zero-order chi connectivity index (χ0) is 45.7. The number of benzene rings is 9. The highest BCUT2D eigenvalue weighted by Crippen LogP contribution is 2.52. The van der Waals surface area contributed by atoms with E-state index in [9.17, 15) is 0 Å². The molecule has 1 aromatic heterocycles. The lowest BCUT2D eigenvalue weighted by Crippen LogP contribution is -2.59. The third-order valence-electron chi connectivity index (χ3n) is 14.0. The van der Waals surface area contributed by atoms with Crippen molar-refractivity contribution >= 4 is 96.1 Å². The largest absolute Gasteiger partial charge is 0.456 e. The number of rotatable bonds is 7. The molecule has 0 atom stereocenters. The minimum atomic E-state index is -0.147. The highest BCUT2D eigenvalue weighted by atomic mass is 16.5. The van der Waals surface area contributed by atoms with Crippen molar-refractivity contribution in [3.63, 3.8) is 0 Å². The number of ether oxygens (including phenoxy) is 1. The van der Waals surface area contributed by atoms with E-state index in [0.29, 0.717) is 0 Å².